The molecule has 21 heavy (non-hydrogen) atoms. The van der Waals surface area contributed by atoms with Crippen molar-refractivity contribution in [1.82, 2.24) is 0 Å². The summed E-state index contributed by atoms with van der Waals surface area (Å²) in [5, 5.41) is 0. The van der Waals surface area contributed by atoms with Crippen LogP contribution < -0.4 is 4.72 Å². The van der Waals surface area contributed by atoms with E-state index in [0.717, 1.165) is 6.26 Å². The van der Waals surface area contributed by atoms with Crippen LogP contribution in [-0.2, 0) is 10.0 Å². The molecule has 0 saturated carbocycles. The minimum absolute atomic E-state index is 0.212. The molecule has 0 saturated heterocycles. The Morgan fingerprint density at radius 3 is 2.19 bits per heavy atom. The highest BCUT2D eigenvalue weighted by Gasteiger charge is 2.11. The smallest absolute Gasteiger partial charge is 0.229 e. The molecule has 2 aromatic carbocycles. The number of carbonyl (C=O) groups excluding carboxylic acids is 1. The predicted molar refractivity (Wildman–Crippen MR) is 82.4 cm³/mol. The number of benzene rings is 2. The van der Waals surface area contributed by atoms with Crippen molar-refractivity contribution in [2.45, 2.75) is 0 Å². The average Bonchev–Trinajstić information content (AvgIpc) is 2.40. The Labute approximate surface area is 130 Å². The van der Waals surface area contributed by atoms with E-state index in [1.54, 1.807) is 0 Å². The fraction of sp³-hybridized carbons (Fsp3) is 0.0714. The molecule has 0 atom stereocenters. The monoisotopic (exact) mass is 371 g/mol. The highest BCUT2D eigenvalue weighted by Crippen LogP contribution is 2.20. The summed E-state index contributed by atoms with van der Waals surface area (Å²) < 4.78 is 37.9. The molecule has 2 aromatic rings. The molecule has 0 radical (unpaired) electrons. The van der Waals surface area contributed by atoms with Gasteiger partial charge in [-0.15, -0.1) is 0 Å². The molecule has 0 bridgehead atoms. The molecule has 7 heteroatoms. The minimum Gasteiger partial charge on any atom is -0.289 e. The summed E-state index contributed by atoms with van der Waals surface area (Å²) in [4.78, 5) is 12.2. The Hall–Kier alpha value is -1.73. The van der Waals surface area contributed by atoms with Crippen LogP contribution in [0.1, 0.15) is 15.9 Å². The Balaban J connectivity index is 2.25. The summed E-state index contributed by atoms with van der Waals surface area (Å²) in [5.41, 5.74) is 1.09. The molecule has 2 rings (SSSR count). The van der Waals surface area contributed by atoms with Crippen molar-refractivity contribution in [3.63, 3.8) is 0 Å². The largest absolute Gasteiger partial charge is 0.289 e. The topological polar surface area (TPSA) is 63.2 Å². The number of nitrogens with one attached hydrogen (secondary N) is 1. The van der Waals surface area contributed by atoms with Gasteiger partial charge in [0.2, 0.25) is 10.0 Å². The zero-order valence-corrected chi connectivity index (χ0v) is 13.3. The SMILES string of the molecule is CS(=O)(=O)Nc1ccc(C(=O)c2ccc(F)c(Br)c2)cc1. The third-order valence-electron chi connectivity index (χ3n) is 2.63. The molecule has 0 aliphatic rings. The third kappa shape index (κ3) is 4.12. The lowest BCUT2D eigenvalue weighted by atomic mass is 10.0. The summed E-state index contributed by atoms with van der Waals surface area (Å²) in [6, 6.07) is 10.0. The van der Waals surface area contributed by atoms with Crippen LogP contribution in [0.2, 0.25) is 0 Å². The van der Waals surface area contributed by atoms with Gasteiger partial charge in [0.25, 0.3) is 0 Å². The van der Waals surface area contributed by atoms with Crippen LogP contribution in [0.25, 0.3) is 0 Å². The van der Waals surface area contributed by atoms with Crippen LogP contribution in [0.3, 0.4) is 0 Å². The summed E-state index contributed by atoms with van der Waals surface area (Å²) in [5.74, 6) is -0.721. The number of halogens is 2. The fourth-order valence-electron chi connectivity index (χ4n) is 1.71. The Morgan fingerprint density at radius 1 is 1.10 bits per heavy atom. The van der Waals surface area contributed by atoms with E-state index in [9.17, 15) is 17.6 Å². The number of hydrogen-bond acceptors (Lipinski definition) is 3. The Kier molecular flexibility index (Phi) is 4.43. The van der Waals surface area contributed by atoms with Crippen LogP contribution in [0, 0.1) is 5.82 Å². The lowest BCUT2D eigenvalue weighted by molar-refractivity contribution is 0.103. The van der Waals surface area contributed by atoms with Crippen molar-refractivity contribution >= 4 is 37.4 Å². The van der Waals surface area contributed by atoms with E-state index < -0.39 is 15.8 Å². The van der Waals surface area contributed by atoms with Gasteiger partial charge in [-0.25, -0.2) is 12.8 Å². The zero-order valence-electron chi connectivity index (χ0n) is 10.9. The minimum atomic E-state index is -3.36. The fourth-order valence-corrected chi connectivity index (χ4v) is 2.65. The molecule has 4 nitrogen and oxygen atoms in total. The molecule has 0 amide bonds. The van der Waals surface area contributed by atoms with Crippen LogP contribution in [0.4, 0.5) is 10.1 Å². The van der Waals surface area contributed by atoms with Crippen molar-refractivity contribution in [2.24, 2.45) is 0 Å². The molecule has 0 aliphatic heterocycles. The van der Waals surface area contributed by atoms with Crippen molar-refractivity contribution in [2.75, 3.05) is 11.0 Å². The maximum atomic E-state index is 13.2. The number of hydrogen-bond donors (Lipinski definition) is 1. The second-order valence-corrected chi connectivity index (χ2v) is 7.01. The summed E-state index contributed by atoms with van der Waals surface area (Å²) >= 11 is 3.03. The molecule has 0 fully saturated rings. The Morgan fingerprint density at radius 2 is 1.67 bits per heavy atom. The first-order valence-electron chi connectivity index (χ1n) is 5.84. The van der Waals surface area contributed by atoms with E-state index in [1.165, 1.54) is 42.5 Å². The van der Waals surface area contributed by atoms with Crippen molar-refractivity contribution in [1.29, 1.82) is 0 Å². The zero-order chi connectivity index (χ0) is 15.6. The van der Waals surface area contributed by atoms with Crippen LogP contribution >= 0.6 is 15.9 Å². The predicted octanol–water partition coefficient (Wildman–Crippen LogP) is 3.19. The standard InChI is InChI=1S/C14H11BrFNO3S/c1-21(19,20)17-11-5-2-9(3-6-11)14(18)10-4-7-13(16)12(15)8-10/h2-8,17H,1H3. The van der Waals surface area contributed by atoms with Crippen LogP contribution in [0.5, 0.6) is 0 Å². The summed E-state index contributed by atoms with van der Waals surface area (Å²) in [6.07, 6.45) is 1.04. The van der Waals surface area contributed by atoms with E-state index in [-0.39, 0.29) is 10.3 Å². The van der Waals surface area contributed by atoms with Gasteiger partial charge in [-0.3, -0.25) is 9.52 Å². The van der Waals surface area contributed by atoms with Crippen molar-refractivity contribution in [3.8, 4) is 0 Å². The van der Waals surface area contributed by atoms with E-state index >= 15 is 0 Å². The van der Waals surface area contributed by atoms with Gasteiger partial charge in [0, 0.05) is 16.8 Å². The number of anilines is 1. The second-order valence-electron chi connectivity index (χ2n) is 4.41. The lowest BCUT2D eigenvalue weighted by Gasteiger charge is -2.06. The second kappa shape index (κ2) is 5.95. The van der Waals surface area contributed by atoms with E-state index in [0.29, 0.717) is 16.8 Å². The normalized spacial score (nSPS) is 11.2. The van der Waals surface area contributed by atoms with Gasteiger partial charge < -0.3 is 0 Å². The van der Waals surface area contributed by atoms with Gasteiger partial charge in [-0.05, 0) is 58.4 Å². The maximum absolute atomic E-state index is 13.2. The lowest BCUT2D eigenvalue weighted by Crippen LogP contribution is -2.09. The third-order valence-corrected chi connectivity index (χ3v) is 3.85. The van der Waals surface area contributed by atoms with Gasteiger partial charge in [-0.2, -0.15) is 0 Å². The highest BCUT2D eigenvalue weighted by atomic mass is 79.9. The molecule has 0 aromatic heterocycles. The van der Waals surface area contributed by atoms with Gasteiger partial charge in [0.1, 0.15) is 5.82 Å². The van der Waals surface area contributed by atoms with Gasteiger partial charge in [-0.1, -0.05) is 0 Å². The first-order valence-corrected chi connectivity index (χ1v) is 8.52. The van der Waals surface area contributed by atoms with Gasteiger partial charge in [0.15, 0.2) is 5.78 Å². The van der Waals surface area contributed by atoms with Crippen LogP contribution in [-0.4, -0.2) is 20.5 Å². The summed E-state index contributed by atoms with van der Waals surface area (Å²) in [6.45, 7) is 0. The maximum Gasteiger partial charge on any atom is 0.229 e. The van der Waals surface area contributed by atoms with Crippen molar-refractivity contribution < 1.29 is 17.6 Å². The number of carbonyl (C=O) groups is 1. The van der Waals surface area contributed by atoms with E-state index in [1.807, 2.05) is 0 Å². The Bertz CT molecular complexity index is 788. The first-order chi connectivity index (χ1) is 9.76. The summed E-state index contributed by atoms with van der Waals surface area (Å²) in [7, 11) is -3.36. The van der Waals surface area contributed by atoms with Gasteiger partial charge >= 0.3 is 0 Å². The molecule has 110 valence electrons. The van der Waals surface area contributed by atoms with Crippen LogP contribution in [0.15, 0.2) is 46.9 Å². The first kappa shape index (κ1) is 15.7. The molecule has 0 aliphatic carbocycles. The van der Waals surface area contributed by atoms with E-state index in [4.69, 9.17) is 0 Å². The molecular formula is C14H11BrFNO3S. The van der Waals surface area contributed by atoms with Crippen molar-refractivity contribution in [3.05, 3.63) is 63.9 Å². The van der Waals surface area contributed by atoms with E-state index in [2.05, 4.69) is 20.7 Å². The average molecular weight is 372 g/mol. The number of ketones is 1. The number of sulfonamides is 1. The molecule has 0 unspecified atom stereocenters. The molecule has 0 heterocycles. The highest BCUT2D eigenvalue weighted by molar-refractivity contribution is 9.10. The quantitative estimate of drug-likeness (QED) is 0.839. The molecular weight excluding hydrogens is 361 g/mol. The molecule has 0 spiro atoms. The van der Waals surface area contributed by atoms with Gasteiger partial charge in [0.05, 0.1) is 10.7 Å². The number of rotatable bonds is 4. The molecule has 1 N–H and O–H groups in total.